The van der Waals surface area contributed by atoms with Gasteiger partial charge in [0, 0.05) is 18.0 Å². The Bertz CT molecular complexity index is 817. The van der Waals surface area contributed by atoms with Crippen LogP contribution in [-0.4, -0.2) is 20.2 Å². The van der Waals surface area contributed by atoms with E-state index in [-0.39, 0.29) is 6.04 Å². The summed E-state index contributed by atoms with van der Waals surface area (Å²) in [5.41, 5.74) is 8.15. The molecule has 0 spiro atoms. The van der Waals surface area contributed by atoms with Crippen molar-refractivity contribution in [1.82, 2.24) is 20.2 Å². The van der Waals surface area contributed by atoms with Crippen molar-refractivity contribution in [1.29, 1.82) is 0 Å². The van der Waals surface area contributed by atoms with E-state index in [1.54, 1.807) is 6.20 Å². The molecule has 2 aromatic heterocycles. The number of nitrogens with two attached hydrogens (primary N) is 1. The van der Waals surface area contributed by atoms with E-state index in [2.05, 4.69) is 62.1 Å². The van der Waals surface area contributed by atoms with Crippen molar-refractivity contribution in [2.75, 3.05) is 10.6 Å². The highest BCUT2D eigenvalue weighted by Gasteiger charge is 2.23. The van der Waals surface area contributed by atoms with Gasteiger partial charge < -0.3 is 5.73 Å². The number of rotatable bonds is 5. The highest BCUT2D eigenvalue weighted by atomic mass is 79.9. The normalized spacial score (nSPS) is 12.1. The molecule has 0 aliphatic heterocycles. The van der Waals surface area contributed by atoms with E-state index in [9.17, 15) is 0 Å². The molecule has 1 aromatic carbocycles. The Hall–Kier alpha value is -2.41. The van der Waals surface area contributed by atoms with Crippen LogP contribution in [0.2, 0.25) is 0 Å². The van der Waals surface area contributed by atoms with Gasteiger partial charge >= 0.3 is 0 Å². The van der Waals surface area contributed by atoms with Crippen LogP contribution < -0.4 is 10.6 Å². The van der Waals surface area contributed by atoms with Gasteiger partial charge in [0.25, 0.3) is 0 Å². The molecule has 1 unspecified atom stereocenters. The van der Waals surface area contributed by atoms with E-state index in [1.165, 1.54) is 0 Å². The van der Waals surface area contributed by atoms with Gasteiger partial charge in [0.05, 0.1) is 10.5 Å². The first-order valence-electron chi connectivity index (χ1n) is 7.76. The van der Waals surface area contributed by atoms with E-state index < -0.39 is 0 Å². The van der Waals surface area contributed by atoms with Crippen molar-refractivity contribution in [2.24, 2.45) is 0 Å². The molecule has 3 rings (SSSR count). The molecule has 3 aromatic rings. The molecule has 3 N–H and O–H groups in total. The van der Waals surface area contributed by atoms with Crippen LogP contribution in [0, 0.1) is 0 Å². The van der Waals surface area contributed by atoms with Gasteiger partial charge in [-0.2, -0.15) is 10.1 Å². The molecular formula is C17H19BrN6. The number of aromatic nitrogens is 4. The van der Waals surface area contributed by atoms with Crippen molar-refractivity contribution >= 4 is 33.5 Å². The fraction of sp³-hybridized carbons (Fsp3) is 0.235. The van der Waals surface area contributed by atoms with Crippen LogP contribution in [0.4, 0.5) is 17.6 Å². The minimum absolute atomic E-state index is 0.000202. The SMILES string of the molecule is CCc1cc(N(c2ncc(Br)c(N)n2)C(C)c2ccccc2)n[nH]1. The summed E-state index contributed by atoms with van der Waals surface area (Å²) in [7, 11) is 0. The zero-order chi connectivity index (χ0) is 17.1. The van der Waals surface area contributed by atoms with E-state index in [4.69, 9.17) is 5.73 Å². The lowest BCUT2D eigenvalue weighted by atomic mass is 10.1. The van der Waals surface area contributed by atoms with Crippen LogP contribution >= 0.6 is 15.9 Å². The lowest BCUT2D eigenvalue weighted by Gasteiger charge is -2.27. The van der Waals surface area contributed by atoms with Crippen LogP contribution in [0.5, 0.6) is 0 Å². The van der Waals surface area contributed by atoms with Gasteiger partial charge in [-0.25, -0.2) is 4.98 Å². The molecule has 0 aliphatic rings. The highest BCUT2D eigenvalue weighted by molar-refractivity contribution is 9.10. The molecule has 0 amide bonds. The second-order valence-corrected chi connectivity index (χ2v) is 6.32. The molecule has 0 bridgehead atoms. The first-order valence-corrected chi connectivity index (χ1v) is 8.56. The molecule has 0 radical (unpaired) electrons. The number of aryl methyl sites for hydroxylation is 1. The zero-order valence-corrected chi connectivity index (χ0v) is 15.2. The summed E-state index contributed by atoms with van der Waals surface area (Å²) in [5.74, 6) is 1.68. The Kier molecular flexibility index (Phi) is 4.80. The Morgan fingerprint density at radius 1 is 1.29 bits per heavy atom. The summed E-state index contributed by atoms with van der Waals surface area (Å²) in [6.07, 6.45) is 2.54. The second-order valence-electron chi connectivity index (χ2n) is 5.46. The second kappa shape index (κ2) is 7.00. The first-order chi connectivity index (χ1) is 11.6. The molecule has 0 saturated carbocycles. The summed E-state index contributed by atoms with van der Waals surface area (Å²) in [6, 6.07) is 12.2. The smallest absolute Gasteiger partial charge is 0.233 e. The maximum absolute atomic E-state index is 5.95. The van der Waals surface area contributed by atoms with Gasteiger partial charge in [0.1, 0.15) is 5.82 Å². The van der Waals surface area contributed by atoms with Gasteiger partial charge in [-0.15, -0.1) is 0 Å². The van der Waals surface area contributed by atoms with Crippen LogP contribution in [0.3, 0.4) is 0 Å². The number of H-pyrrole nitrogens is 1. The van der Waals surface area contributed by atoms with E-state index in [0.717, 1.165) is 23.5 Å². The third kappa shape index (κ3) is 3.26. The van der Waals surface area contributed by atoms with E-state index in [1.807, 2.05) is 29.2 Å². The van der Waals surface area contributed by atoms with Gasteiger partial charge in [-0.3, -0.25) is 10.00 Å². The Labute approximate surface area is 149 Å². The number of aromatic amines is 1. The van der Waals surface area contributed by atoms with Crippen LogP contribution in [0.25, 0.3) is 0 Å². The van der Waals surface area contributed by atoms with Gasteiger partial charge in [0.15, 0.2) is 5.82 Å². The summed E-state index contributed by atoms with van der Waals surface area (Å²) in [6.45, 7) is 4.17. The van der Waals surface area contributed by atoms with Gasteiger partial charge in [-0.1, -0.05) is 37.3 Å². The fourth-order valence-electron chi connectivity index (χ4n) is 2.50. The van der Waals surface area contributed by atoms with Crippen molar-refractivity contribution < 1.29 is 0 Å². The average molecular weight is 387 g/mol. The third-order valence-electron chi connectivity index (χ3n) is 3.89. The van der Waals surface area contributed by atoms with E-state index in [0.29, 0.717) is 16.2 Å². The van der Waals surface area contributed by atoms with Crippen molar-refractivity contribution in [2.45, 2.75) is 26.3 Å². The number of hydrogen-bond acceptors (Lipinski definition) is 5. The zero-order valence-electron chi connectivity index (χ0n) is 13.6. The minimum atomic E-state index is -0.000202. The molecule has 1 atom stereocenters. The molecule has 7 heteroatoms. The number of halogens is 1. The molecule has 0 saturated heterocycles. The maximum atomic E-state index is 5.95. The fourth-order valence-corrected chi connectivity index (χ4v) is 2.69. The van der Waals surface area contributed by atoms with Crippen molar-refractivity contribution in [3.63, 3.8) is 0 Å². The van der Waals surface area contributed by atoms with Crippen LogP contribution in [-0.2, 0) is 6.42 Å². The molecule has 6 nitrogen and oxygen atoms in total. The topological polar surface area (TPSA) is 83.7 Å². The predicted molar refractivity (Wildman–Crippen MR) is 99.1 cm³/mol. The summed E-state index contributed by atoms with van der Waals surface area (Å²) >= 11 is 3.34. The average Bonchev–Trinajstić information content (AvgIpc) is 3.07. The number of nitrogens with one attached hydrogen (secondary N) is 1. The molecule has 24 heavy (non-hydrogen) atoms. The standard InChI is InChI=1S/C17H19BrN6/c1-3-13-9-15(23-22-13)24(11(2)12-7-5-4-6-8-12)17-20-10-14(18)16(19)21-17/h4-11H,3H2,1-2H3,(H,22,23)(H2,19,20,21). The molecular weight excluding hydrogens is 368 g/mol. The van der Waals surface area contributed by atoms with Crippen molar-refractivity contribution in [3.05, 3.63) is 58.3 Å². The number of hydrogen-bond donors (Lipinski definition) is 2. The number of anilines is 3. The molecule has 2 heterocycles. The summed E-state index contributed by atoms with van der Waals surface area (Å²) in [5, 5.41) is 7.48. The monoisotopic (exact) mass is 386 g/mol. The lowest BCUT2D eigenvalue weighted by molar-refractivity contribution is 0.736. The molecule has 0 fully saturated rings. The maximum Gasteiger partial charge on any atom is 0.233 e. The predicted octanol–water partition coefficient (Wildman–Crippen LogP) is 4.01. The molecule has 124 valence electrons. The lowest BCUT2D eigenvalue weighted by Crippen LogP contribution is -2.24. The highest BCUT2D eigenvalue weighted by Crippen LogP contribution is 2.33. The third-order valence-corrected chi connectivity index (χ3v) is 4.50. The Morgan fingerprint density at radius 3 is 2.67 bits per heavy atom. The van der Waals surface area contributed by atoms with E-state index >= 15 is 0 Å². The Balaban J connectivity index is 2.07. The molecule has 0 aliphatic carbocycles. The quantitative estimate of drug-likeness (QED) is 0.691. The van der Waals surface area contributed by atoms with Crippen molar-refractivity contribution in [3.8, 4) is 0 Å². The number of nitrogens with zero attached hydrogens (tertiary/aromatic N) is 4. The van der Waals surface area contributed by atoms with Gasteiger partial charge in [0.2, 0.25) is 5.95 Å². The first kappa shape index (κ1) is 16.4. The number of nitrogen functional groups attached to an aromatic ring is 1. The largest absolute Gasteiger partial charge is 0.383 e. The number of benzene rings is 1. The summed E-state index contributed by atoms with van der Waals surface area (Å²) < 4.78 is 0.676. The van der Waals surface area contributed by atoms with Gasteiger partial charge in [-0.05, 0) is 34.8 Å². The Morgan fingerprint density at radius 2 is 2.04 bits per heavy atom. The van der Waals surface area contributed by atoms with Crippen LogP contribution in [0.1, 0.15) is 31.1 Å². The minimum Gasteiger partial charge on any atom is -0.383 e. The van der Waals surface area contributed by atoms with Crippen LogP contribution in [0.15, 0.2) is 47.1 Å². The summed E-state index contributed by atoms with van der Waals surface area (Å²) in [4.78, 5) is 10.8.